The number of nitrogens with one attached hydrogen (secondary N) is 1. The Morgan fingerprint density at radius 2 is 1.62 bits per heavy atom. The van der Waals surface area contributed by atoms with Crippen molar-refractivity contribution >= 4 is 0 Å². The highest BCUT2D eigenvalue weighted by atomic mass is 15.4. The number of likely N-dealkylation sites (tertiary alicyclic amines) is 1. The number of nitrogens with zero attached hydrogens (tertiary/aromatic N) is 3. The summed E-state index contributed by atoms with van der Waals surface area (Å²) in [5.41, 5.74) is 6.48. The highest BCUT2D eigenvalue weighted by Gasteiger charge is 2.59. The Morgan fingerprint density at radius 1 is 0.759 bits per heavy atom. The molecule has 0 aromatic carbocycles. The van der Waals surface area contributed by atoms with Gasteiger partial charge in [-0.3, -0.25) is 9.80 Å². The normalized spacial score (nSPS) is 48.7. The summed E-state index contributed by atoms with van der Waals surface area (Å²) in [5, 5.41) is 4.26. The summed E-state index contributed by atoms with van der Waals surface area (Å²) >= 11 is 0. The molecule has 29 heavy (non-hydrogen) atoms. The third-order valence-corrected chi connectivity index (χ3v) is 9.74. The minimum absolute atomic E-state index is 0.420. The number of piperidine rings is 1. The monoisotopic (exact) mass is 401 g/mol. The quantitative estimate of drug-likeness (QED) is 0.756. The van der Waals surface area contributed by atoms with Gasteiger partial charge < -0.3 is 16.0 Å². The van der Waals surface area contributed by atoms with Crippen molar-refractivity contribution in [1.29, 1.82) is 0 Å². The molecule has 0 aromatic heterocycles. The van der Waals surface area contributed by atoms with Crippen LogP contribution in [0.1, 0.15) is 64.2 Å². The lowest BCUT2D eigenvalue weighted by atomic mass is 9.69. The molecule has 5 nitrogen and oxygen atoms in total. The van der Waals surface area contributed by atoms with Crippen LogP contribution in [0, 0.1) is 11.8 Å². The Bertz CT molecular complexity index is 578. The molecule has 0 spiro atoms. The van der Waals surface area contributed by atoms with Crippen LogP contribution >= 0.6 is 0 Å². The Balaban J connectivity index is 1.30. The molecule has 164 valence electrons. The van der Waals surface area contributed by atoms with Crippen molar-refractivity contribution in [3.05, 3.63) is 0 Å². The number of rotatable bonds is 3. The van der Waals surface area contributed by atoms with E-state index in [0.29, 0.717) is 12.1 Å². The molecule has 4 heterocycles. The molecule has 0 bridgehead atoms. The van der Waals surface area contributed by atoms with Crippen LogP contribution < -0.4 is 11.1 Å². The second kappa shape index (κ2) is 8.05. The van der Waals surface area contributed by atoms with Crippen LogP contribution in [0.15, 0.2) is 0 Å². The molecule has 6 aliphatic rings. The molecule has 2 saturated carbocycles. The summed E-state index contributed by atoms with van der Waals surface area (Å²) in [6.07, 6.45) is 13.8. The minimum atomic E-state index is 0.420. The van der Waals surface area contributed by atoms with Gasteiger partial charge in [-0.15, -0.1) is 0 Å². The smallest absolute Gasteiger partial charge is 0.0414 e. The van der Waals surface area contributed by atoms with E-state index in [1.165, 1.54) is 103 Å². The van der Waals surface area contributed by atoms with E-state index in [2.05, 4.69) is 20.0 Å². The van der Waals surface area contributed by atoms with E-state index in [4.69, 9.17) is 5.73 Å². The molecule has 8 unspecified atom stereocenters. The van der Waals surface area contributed by atoms with Gasteiger partial charge in [-0.2, -0.15) is 0 Å². The van der Waals surface area contributed by atoms with E-state index < -0.39 is 0 Å². The standard InChI is InChI=1S/C24H43N5/c25-17-8-9-18-20(16-17)26-22-19-6-1-2-7-21(19)29-13-5-12-28(23(18)24(22)29)15-14-27-10-3-4-11-27/h17-24,26H,1-16,25H2. The maximum absolute atomic E-state index is 6.48. The fourth-order valence-electron chi connectivity index (χ4n) is 8.55. The number of nitrogens with two attached hydrogens (primary N) is 1. The highest BCUT2D eigenvalue weighted by molar-refractivity contribution is 5.17. The second-order valence-corrected chi connectivity index (χ2v) is 11.2. The van der Waals surface area contributed by atoms with E-state index in [1.807, 2.05) is 0 Å². The average Bonchev–Trinajstić information content (AvgIpc) is 3.31. The average molecular weight is 402 g/mol. The Hall–Kier alpha value is -0.200. The van der Waals surface area contributed by atoms with Gasteiger partial charge in [-0.25, -0.2) is 0 Å². The van der Waals surface area contributed by atoms with Gasteiger partial charge in [0.2, 0.25) is 0 Å². The van der Waals surface area contributed by atoms with Gasteiger partial charge in [0.05, 0.1) is 0 Å². The Morgan fingerprint density at radius 3 is 2.52 bits per heavy atom. The largest absolute Gasteiger partial charge is 0.328 e. The molecule has 3 N–H and O–H groups in total. The zero-order valence-corrected chi connectivity index (χ0v) is 18.4. The lowest BCUT2D eigenvalue weighted by Crippen LogP contribution is -2.69. The summed E-state index contributed by atoms with van der Waals surface area (Å²) in [7, 11) is 0. The van der Waals surface area contributed by atoms with Crippen molar-refractivity contribution in [2.45, 2.75) is 100 Å². The third kappa shape index (κ3) is 3.40. The molecule has 0 aromatic rings. The predicted molar refractivity (Wildman–Crippen MR) is 118 cm³/mol. The van der Waals surface area contributed by atoms with Gasteiger partial charge in [-0.1, -0.05) is 12.8 Å². The van der Waals surface area contributed by atoms with E-state index >= 15 is 0 Å². The van der Waals surface area contributed by atoms with Gasteiger partial charge in [0.25, 0.3) is 0 Å². The van der Waals surface area contributed by atoms with Crippen LogP contribution in [0.4, 0.5) is 0 Å². The SMILES string of the molecule is NC1CCC2C(C1)NC1C3CCCCC3N3CCCN(CCN4CCCC4)C2C13. The molecule has 5 heteroatoms. The van der Waals surface area contributed by atoms with E-state index in [1.54, 1.807) is 0 Å². The Labute approximate surface area is 177 Å². The van der Waals surface area contributed by atoms with Crippen molar-refractivity contribution in [2.24, 2.45) is 17.6 Å². The molecular weight excluding hydrogens is 358 g/mol. The summed E-state index contributed by atoms with van der Waals surface area (Å²) in [5.74, 6) is 1.71. The second-order valence-electron chi connectivity index (χ2n) is 11.2. The van der Waals surface area contributed by atoms with Crippen LogP contribution in [0.2, 0.25) is 0 Å². The first-order valence-electron chi connectivity index (χ1n) is 13.0. The zero-order valence-electron chi connectivity index (χ0n) is 18.4. The van der Waals surface area contributed by atoms with Gasteiger partial charge >= 0.3 is 0 Å². The van der Waals surface area contributed by atoms with E-state index in [0.717, 1.165) is 36.0 Å². The number of hydrogen-bond acceptors (Lipinski definition) is 5. The first-order chi connectivity index (χ1) is 14.3. The molecule has 4 saturated heterocycles. The molecule has 4 aliphatic heterocycles. The lowest BCUT2D eigenvalue weighted by molar-refractivity contribution is -0.000306. The molecular formula is C24H43N5. The minimum Gasteiger partial charge on any atom is -0.328 e. The first kappa shape index (κ1) is 19.5. The van der Waals surface area contributed by atoms with Crippen molar-refractivity contribution in [3.8, 4) is 0 Å². The van der Waals surface area contributed by atoms with Crippen LogP contribution in [0.25, 0.3) is 0 Å². The molecule has 8 atom stereocenters. The molecule has 0 radical (unpaired) electrons. The van der Waals surface area contributed by atoms with Crippen LogP contribution in [-0.4, -0.2) is 90.2 Å². The lowest BCUT2D eigenvalue weighted by Gasteiger charge is -2.54. The molecule has 6 rings (SSSR count). The molecule has 0 amide bonds. The maximum Gasteiger partial charge on any atom is 0.0414 e. The molecule has 2 aliphatic carbocycles. The predicted octanol–water partition coefficient (Wildman–Crippen LogP) is 1.87. The Kier molecular flexibility index (Phi) is 5.41. The van der Waals surface area contributed by atoms with Crippen molar-refractivity contribution < 1.29 is 0 Å². The topological polar surface area (TPSA) is 47.8 Å². The van der Waals surface area contributed by atoms with E-state index in [9.17, 15) is 0 Å². The fraction of sp³-hybridized carbons (Fsp3) is 1.00. The van der Waals surface area contributed by atoms with Crippen LogP contribution in [-0.2, 0) is 0 Å². The maximum atomic E-state index is 6.48. The first-order valence-corrected chi connectivity index (χ1v) is 13.0. The van der Waals surface area contributed by atoms with E-state index in [-0.39, 0.29) is 0 Å². The van der Waals surface area contributed by atoms with Crippen LogP contribution in [0.5, 0.6) is 0 Å². The number of fused-ring (bicyclic) bond motifs is 5. The summed E-state index contributed by atoms with van der Waals surface area (Å²) < 4.78 is 0. The van der Waals surface area contributed by atoms with Gasteiger partial charge in [-0.05, 0) is 82.8 Å². The zero-order chi connectivity index (χ0) is 19.4. The summed E-state index contributed by atoms with van der Waals surface area (Å²) in [4.78, 5) is 8.75. The summed E-state index contributed by atoms with van der Waals surface area (Å²) in [6.45, 7) is 7.94. The van der Waals surface area contributed by atoms with Crippen molar-refractivity contribution in [1.82, 2.24) is 20.0 Å². The van der Waals surface area contributed by atoms with Gasteiger partial charge in [0.15, 0.2) is 0 Å². The summed E-state index contributed by atoms with van der Waals surface area (Å²) in [6, 6.07) is 4.21. The van der Waals surface area contributed by atoms with Gasteiger partial charge in [0, 0.05) is 55.9 Å². The fourth-order valence-corrected chi connectivity index (χ4v) is 8.55. The molecule has 6 fully saturated rings. The van der Waals surface area contributed by atoms with Crippen molar-refractivity contribution in [3.63, 3.8) is 0 Å². The van der Waals surface area contributed by atoms with Gasteiger partial charge in [0.1, 0.15) is 0 Å². The van der Waals surface area contributed by atoms with Crippen molar-refractivity contribution in [2.75, 3.05) is 39.3 Å². The highest BCUT2D eigenvalue weighted by Crippen LogP contribution is 2.48. The third-order valence-electron chi connectivity index (χ3n) is 9.74. The van der Waals surface area contributed by atoms with Crippen LogP contribution in [0.3, 0.4) is 0 Å². The number of hydrogen-bond donors (Lipinski definition) is 2.